The molecule has 3 nitrogen and oxygen atoms in total. The van der Waals surface area contributed by atoms with Gasteiger partial charge in [0.15, 0.2) is 9.84 Å². The molecule has 1 aromatic carbocycles. The Morgan fingerprint density at radius 3 is 2.63 bits per heavy atom. The van der Waals surface area contributed by atoms with Crippen molar-refractivity contribution in [2.24, 2.45) is 0 Å². The molecule has 0 heterocycles. The standard InChI is InChI=1S/C14H20ClNO2S/c1-2-19(17,18)8-7-16-12-9-11(10-12)13-5-3-4-6-14(13)15/h3-6,11-12,16H,2,7-10H2,1H3. The summed E-state index contributed by atoms with van der Waals surface area (Å²) in [6, 6.07) is 8.37. The lowest BCUT2D eigenvalue weighted by Gasteiger charge is -2.36. The zero-order valence-corrected chi connectivity index (χ0v) is 12.7. The van der Waals surface area contributed by atoms with E-state index in [2.05, 4.69) is 11.4 Å². The van der Waals surface area contributed by atoms with Gasteiger partial charge in [-0.3, -0.25) is 0 Å². The summed E-state index contributed by atoms with van der Waals surface area (Å²) in [4.78, 5) is 0. The fourth-order valence-corrected chi connectivity index (χ4v) is 3.42. The Labute approximate surface area is 120 Å². The van der Waals surface area contributed by atoms with Crippen LogP contribution in [0, 0.1) is 0 Å². The molecule has 0 saturated heterocycles. The van der Waals surface area contributed by atoms with Crippen LogP contribution in [0.4, 0.5) is 0 Å². The van der Waals surface area contributed by atoms with Crippen molar-refractivity contribution in [3.63, 3.8) is 0 Å². The van der Waals surface area contributed by atoms with Gasteiger partial charge < -0.3 is 5.32 Å². The fourth-order valence-electron chi connectivity index (χ4n) is 2.41. The van der Waals surface area contributed by atoms with Crippen molar-refractivity contribution >= 4 is 21.4 Å². The zero-order chi connectivity index (χ0) is 13.9. The highest BCUT2D eigenvalue weighted by Crippen LogP contribution is 2.39. The van der Waals surface area contributed by atoms with Crippen LogP contribution in [0.5, 0.6) is 0 Å². The van der Waals surface area contributed by atoms with Crippen molar-refractivity contribution in [3.8, 4) is 0 Å². The molecule has 1 fully saturated rings. The van der Waals surface area contributed by atoms with E-state index in [1.807, 2.05) is 18.2 Å². The molecule has 2 rings (SSSR count). The summed E-state index contributed by atoms with van der Waals surface area (Å²) in [5.41, 5.74) is 1.21. The lowest BCUT2D eigenvalue weighted by Crippen LogP contribution is -2.42. The monoisotopic (exact) mass is 301 g/mol. The Morgan fingerprint density at radius 2 is 2.00 bits per heavy atom. The number of nitrogens with one attached hydrogen (secondary N) is 1. The van der Waals surface area contributed by atoms with Gasteiger partial charge in [0.25, 0.3) is 0 Å². The van der Waals surface area contributed by atoms with Crippen molar-refractivity contribution in [1.29, 1.82) is 0 Å². The normalized spacial score (nSPS) is 23.1. The summed E-state index contributed by atoms with van der Waals surface area (Å²) in [5.74, 6) is 0.965. The van der Waals surface area contributed by atoms with E-state index in [-0.39, 0.29) is 11.5 Å². The quantitative estimate of drug-likeness (QED) is 0.878. The van der Waals surface area contributed by atoms with Crippen LogP contribution >= 0.6 is 11.6 Å². The van der Waals surface area contributed by atoms with Gasteiger partial charge in [-0.15, -0.1) is 0 Å². The molecule has 0 unspecified atom stereocenters. The summed E-state index contributed by atoms with van der Waals surface area (Å²) in [6.07, 6.45) is 2.08. The molecule has 0 aliphatic heterocycles. The molecule has 1 aliphatic carbocycles. The molecule has 1 saturated carbocycles. The van der Waals surface area contributed by atoms with Gasteiger partial charge in [0.1, 0.15) is 0 Å². The third-order valence-electron chi connectivity index (χ3n) is 3.77. The van der Waals surface area contributed by atoms with E-state index in [1.54, 1.807) is 6.92 Å². The fraction of sp³-hybridized carbons (Fsp3) is 0.571. The predicted octanol–water partition coefficient (Wildman–Crippen LogP) is 2.61. The van der Waals surface area contributed by atoms with E-state index < -0.39 is 9.84 Å². The molecule has 0 amide bonds. The molecule has 0 atom stereocenters. The smallest absolute Gasteiger partial charge is 0.151 e. The highest BCUT2D eigenvalue weighted by atomic mass is 35.5. The Morgan fingerprint density at radius 1 is 1.32 bits per heavy atom. The van der Waals surface area contributed by atoms with Gasteiger partial charge in [-0.2, -0.15) is 0 Å². The van der Waals surface area contributed by atoms with Gasteiger partial charge in [0.05, 0.1) is 5.75 Å². The van der Waals surface area contributed by atoms with Crippen LogP contribution < -0.4 is 5.32 Å². The molecule has 5 heteroatoms. The molecule has 0 aromatic heterocycles. The predicted molar refractivity (Wildman–Crippen MR) is 79.5 cm³/mol. The van der Waals surface area contributed by atoms with Gasteiger partial charge in [-0.25, -0.2) is 8.42 Å². The molecular weight excluding hydrogens is 282 g/mol. The SMILES string of the molecule is CCS(=O)(=O)CCNC1CC(c2ccccc2Cl)C1. The first kappa shape index (κ1) is 14.8. The average molecular weight is 302 g/mol. The molecule has 0 spiro atoms. The third-order valence-corrected chi connectivity index (χ3v) is 5.82. The summed E-state index contributed by atoms with van der Waals surface area (Å²) in [5, 5.41) is 4.14. The molecule has 0 bridgehead atoms. The van der Waals surface area contributed by atoms with Gasteiger partial charge in [0, 0.05) is 23.4 Å². The first-order chi connectivity index (χ1) is 9.02. The van der Waals surface area contributed by atoms with Crippen LogP contribution in [0.3, 0.4) is 0 Å². The number of hydrogen-bond acceptors (Lipinski definition) is 3. The lowest BCUT2D eigenvalue weighted by molar-refractivity contribution is 0.296. The Kier molecular flexibility index (Phi) is 4.87. The van der Waals surface area contributed by atoms with E-state index >= 15 is 0 Å². The number of halogens is 1. The summed E-state index contributed by atoms with van der Waals surface area (Å²) >= 11 is 6.16. The second-order valence-electron chi connectivity index (χ2n) is 5.08. The molecule has 0 radical (unpaired) electrons. The minimum atomic E-state index is -2.86. The van der Waals surface area contributed by atoms with E-state index in [4.69, 9.17) is 11.6 Å². The molecule has 1 N–H and O–H groups in total. The van der Waals surface area contributed by atoms with E-state index in [0.29, 0.717) is 18.5 Å². The maximum absolute atomic E-state index is 11.4. The minimum Gasteiger partial charge on any atom is -0.313 e. The van der Waals surface area contributed by atoms with Gasteiger partial charge in [-0.05, 0) is 30.4 Å². The van der Waals surface area contributed by atoms with Crippen molar-refractivity contribution in [3.05, 3.63) is 34.9 Å². The maximum Gasteiger partial charge on any atom is 0.151 e. The van der Waals surface area contributed by atoms with Crippen LogP contribution in [0.15, 0.2) is 24.3 Å². The van der Waals surface area contributed by atoms with Crippen molar-refractivity contribution in [1.82, 2.24) is 5.32 Å². The molecule has 1 aliphatic rings. The number of benzene rings is 1. The third kappa shape index (κ3) is 3.94. The van der Waals surface area contributed by atoms with E-state index in [1.165, 1.54) is 5.56 Å². The van der Waals surface area contributed by atoms with Crippen LogP contribution in [0.2, 0.25) is 5.02 Å². The van der Waals surface area contributed by atoms with Crippen molar-refractivity contribution in [2.75, 3.05) is 18.1 Å². The minimum absolute atomic E-state index is 0.224. The van der Waals surface area contributed by atoms with E-state index in [0.717, 1.165) is 17.9 Å². The molecule has 106 valence electrons. The average Bonchev–Trinajstić information content (AvgIpc) is 2.33. The molecule has 1 aromatic rings. The first-order valence-corrected chi connectivity index (χ1v) is 8.90. The van der Waals surface area contributed by atoms with Crippen LogP contribution in [-0.4, -0.2) is 32.5 Å². The lowest BCUT2D eigenvalue weighted by atomic mass is 9.76. The van der Waals surface area contributed by atoms with Crippen molar-refractivity contribution in [2.45, 2.75) is 31.7 Å². The number of rotatable bonds is 6. The van der Waals surface area contributed by atoms with Crippen molar-refractivity contribution < 1.29 is 8.42 Å². The van der Waals surface area contributed by atoms with Crippen LogP contribution in [-0.2, 0) is 9.84 Å². The van der Waals surface area contributed by atoms with Gasteiger partial charge >= 0.3 is 0 Å². The summed E-state index contributed by atoms with van der Waals surface area (Å²) < 4.78 is 22.7. The highest BCUT2D eigenvalue weighted by Gasteiger charge is 2.31. The summed E-state index contributed by atoms with van der Waals surface area (Å²) in [6.45, 7) is 2.24. The van der Waals surface area contributed by atoms with Crippen LogP contribution in [0.25, 0.3) is 0 Å². The second-order valence-corrected chi connectivity index (χ2v) is 7.96. The second kappa shape index (κ2) is 6.25. The van der Waals surface area contributed by atoms with Gasteiger partial charge in [-0.1, -0.05) is 36.7 Å². The Hall–Kier alpha value is -0.580. The molecular formula is C14H20ClNO2S. The highest BCUT2D eigenvalue weighted by molar-refractivity contribution is 7.91. The van der Waals surface area contributed by atoms with Crippen LogP contribution in [0.1, 0.15) is 31.2 Å². The number of sulfone groups is 1. The number of hydrogen-bond donors (Lipinski definition) is 1. The summed E-state index contributed by atoms with van der Waals surface area (Å²) in [7, 11) is -2.86. The first-order valence-electron chi connectivity index (χ1n) is 6.70. The largest absolute Gasteiger partial charge is 0.313 e. The topological polar surface area (TPSA) is 46.2 Å². The maximum atomic E-state index is 11.4. The Bertz CT molecular complexity index is 524. The van der Waals surface area contributed by atoms with E-state index in [9.17, 15) is 8.42 Å². The molecule has 19 heavy (non-hydrogen) atoms. The zero-order valence-electron chi connectivity index (χ0n) is 11.1. The Balaban J connectivity index is 1.74. The van der Waals surface area contributed by atoms with Gasteiger partial charge in [0.2, 0.25) is 0 Å².